The fraction of sp³-hybridized carbons (Fsp3) is 0.375. The van der Waals surface area contributed by atoms with Crippen molar-refractivity contribution in [3.8, 4) is 5.88 Å². The van der Waals surface area contributed by atoms with E-state index in [2.05, 4.69) is 9.97 Å². The first-order valence-electron chi connectivity index (χ1n) is 4.42. The lowest BCUT2D eigenvalue weighted by atomic mass is 10.3. The van der Waals surface area contributed by atoms with Gasteiger partial charge in [-0.2, -0.15) is 4.98 Å². The number of aromatic hydroxyl groups is 1. The first-order chi connectivity index (χ1) is 7.06. The van der Waals surface area contributed by atoms with Gasteiger partial charge < -0.3 is 10.8 Å². The Bertz CT molecular complexity index is 455. The van der Waals surface area contributed by atoms with Crippen LogP contribution in [0.1, 0.15) is 6.42 Å². The summed E-state index contributed by atoms with van der Waals surface area (Å²) in [7, 11) is 0. The molecule has 7 heteroatoms. The van der Waals surface area contributed by atoms with Crippen LogP contribution in [0.15, 0.2) is 10.9 Å². The molecule has 7 nitrogen and oxygen atoms in total. The van der Waals surface area contributed by atoms with Gasteiger partial charge in [0.05, 0.1) is 6.07 Å². The summed E-state index contributed by atoms with van der Waals surface area (Å²) in [6, 6.07) is 0.675. The van der Waals surface area contributed by atoms with Gasteiger partial charge in [0.2, 0.25) is 17.7 Å². The Kier molecular flexibility index (Phi) is 2.16. The SMILES string of the molecule is NC1CC(=O)N(c2nc(O)cc(=O)[nH]2)C1. The normalized spacial score (nSPS) is 21.0. The smallest absolute Gasteiger partial charge is 0.256 e. The molecule has 1 fully saturated rings. The predicted molar refractivity (Wildman–Crippen MR) is 51.5 cm³/mol. The third kappa shape index (κ3) is 1.82. The van der Waals surface area contributed by atoms with Crippen LogP contribution >= 0.6 is 0 Å². The molecule has 2 rings (SSSR count). The molecule has 1 aromatic rings. The molecular formula is C8H10N4O3. The molecule has 1 aliphatic heterocycles. The number of anilines is 1. The number of nitrogens with zero attached hydrogens (tertiary/aromatic N) is 2. The number of rotatable bonds is 1. The molecule has 0 saturated carbocycles. The van der Waals surface area contributed by atoms with Crippen LogP contribution in [0.2, 0.25) is 0 Å². The van der Waals surface area contributed by atoms with E-state index in [1.165, 1.54) is 4.90 Å². The molecule has 0 bridgehead atoms. The van der Waals surface area contributed by atoms with Crippen molar-refractivity contribution >= 4 is 11.9 Å². The van der Waals surface area contributed by atoms with Crippen LogP contribution in [0.25, 0.3) is 0 Å². The summed E-state index contributed by atoms with van der Waals surface area (Å²) < 4.78 is 0. The molecule has 1 amide bonds. The van der Waals surface area contributed by atoms with Gasteiger partial charge in [-0.25, -0.2) is 0 Å². The lowest BCUT2D eigenvalue weighted by Gasteiger charge is -2.13. The van der Waals surface area contributed by atoms with Crippen LogP contribution in [-0.2, 0) is 4.79 Å². The minimum absolute atomic E-state index is 0.0398. The van der Waals surface area contributed by atoms with E-state index in [1.54, 1.807) is 0 Å². The maximum Gasteiger partial charge on any atom is 0.256 e. The fourth-order valence-electron chi connectivity index (χ4n) is 1.50. The van der Waals surface area contributed by atoms with E-state index >= 15 is 0 Å². The Labute approximate surface area is 84.5 Å². The van der Waals surface area contributed by atoms with Crippen LogP contribution < -0.4 is 16.2 Å². The second kappa shape index (κ2) is 3.35. The van der Waals surface area contributed by atoms with Gasteiger partial charge >= 0.3 is 0 Å². The zero-order valence-corrected chi connectivity index (χ0v) is 7.80. The number of hydrogen-bond donors (Lipinski definition) is 3. The van der Waals surface area contributed by atoms with Crippen molar-refractivity contribution in [2.75, 3.05) is 11.4 Å². The highest BCUT2D eigenvalue weighted by Gasteiger charge is 2.29. The summed E-state index contributed by atoms with van der Waals surface area (Å²) in [5.41, 5.74) is 5.08. The summed E-state index contributed by atoms with van der Waals surface area (Å²) in [4.78, 5) is 29.7. The van der Waals surface area contributed by atoms with Crippen molar-refractivity contribution in [3.63, 3.8) is 0 Å². The number of nitrogens with two attached hydrogens (primary N) is 1. The molecule has 0 spiro atoms. The molecule has 80 valence electrons. The Morgan fingerprint density at radius 3 is 2.87 bits per heavy atom. The second-order valence-corrected chi connectivity index (χ2v) is 3.40. The molecular weight excluding hydrogens is 200 g/mol. The molecule has 1 aromatic heterocycles. The number of nitrogens with one attached hydrogen (secondary N) is 1. The molecule has 4 N–H and O–H groups in total. The van der Waals surface area contributed by atoms with Crippen LogP contribution in [0, 0.1) is 0 Å². The van der Waals surface area contributed by atoms with Crippen LogP contribution in [-0.4, -0.2) is 33.6 Å². The van der Waals surface area contributed by atoms with Crippen molar-refractivity contribution < 1.29 is 9.90 Å². The quantitative estimate of drug-likeness (QED) is 0.524. The lowest BCUT2D eigenvalue weighted by molar-refractivity contribution is -0.117. The highest BCUT2D eigenvalue weighted by atomic mass is 16.3. The monoisotopic (exact) mass is 210 g/mol. The second-order valence-electron chi connectivity index (χ2n) is 3.40. The third-order valence-electron chi connectivity index (χ3n) is 2.13. The van der Waals surface area contributed by atoms with Gasteiger partial charge in [0.1, 0.15) is 0 Å². The van der Waals surface area contributed by atoms with Crippen molar-refractivity contribution in [1.82, 2.24) is 9.97 Å². The number of amides is 1. The van der Waals surface area contributed by atoms with Crippen molar-refractivity contribution in [2.24, 2.45) is 5.73 Å². The van der Waals surface area contributed by atoms with E-state index in [0.717, 1.165) is 6.07 Å². The lowest BCUT2D eigenvalue weighted by Crippen LogP contribution is -2.30. The van der Waals surface area contributed by atoms with Crippen LogP contribution in [0.4, 0.5) is 5.95 Å². The fourth-order valence-corrected chi connectivity index (χ4v) is 1.50. The first-order valence-corrected chi connectivity index (χ1v) is 4.42. The Hall–Kier alpha value is -1.89. The molecule has 0 aliphatic carbocycles. The highest BCUT2D eigenvalue weighted by Crippen LogP contribution is 2.16. The molecule has 1 aliphatic rings. The van der Waals surface area contributed by atoms with E-state index in [-0.39, 0.29) is 24.3 Å². The Morgan fingerprint density at radius 2 is 2.33 bits per heavy atom. The van der Waals surface area contributed by atoms with E-state index in [9.17, 15) is 9.59 Å². The van der Waals surface area contributed by atoms with Crippen molar-refractivity contribution in [2.45, 2.75) is 12.5 Å². The largest absolute Gasteiger partial charge is 0.493 e. The number of carbonyl (C=O) groups is 1. The topological polar surface area (TPSA) is 112 Å². The van der Waals surface area contributed by atoms with Gasteiger partial charge in [0.15, 0.2) is 0 Å². The number of carbonyl (C=O) groups excluding carboxylic acids is 1. The molecule has 15 heavy (non-hydrogen) atoms. The number of H-pyrrole nitrogens is 1. The molecule has 1 atom stereocenters. The van der Waals surface area contributed by atoms with E-state index in [4.69, 9.17) is 10.8 Å². The summed E-state index contributed by atoms with van der Waals surface area (Å²) in [6.07, 6.45) is 0.222. The van der Waals surface area contributed by atoms with Crippen LogP contribution in [0.5, 0.6) is 5.88 Å². The Morgan fingerprint density at radius 1 is 1.60 bits per heavy atom. The van der Waals surface area contributed by atoms with Crippen molar-refractivity contribution in [1.29, 1.82) is 0 Å². The van der Waals surface area contributed by atoms with Gasteiger partial charge in [0, 0.05) is 19.0 Å². The summed E-state index contributed by atoms with van der Waals surface area (Å²) in [6.45, 7) is 0.297. The van der Waals surface area contributed by atoms with Gasteiger partial charge in [-0.15, -0.1) is 0 Å². The number of aromatic amines is 1. The van der Waals surface area contributed by atoms with Crippen LogP contribution in [0.3, 0.4) is 0 Å². The molecule has 1 unspecified atom stereocenters. The zero-order chi connectivity index (χ0) is 11.0. The minimum atomic E-state index is -0.509. The van der Waals surface area contributed by atoms with Gasteiger partial charge in [-0.3, -0.25) is 19.5 Å². The highest BCUT2D eigenvalue weighted by molar-refractivity contribution is 5.94. The Balaban J connectivity index is 2.37. The number of aromatic nitrogens is 2. The van der Waals surface area contributed by atoms with E-state index in [0.29, 0.717) is 6.54 Å². The maximum absolute atomic E-state index is 11.4. The van der Waals surface area contributed by atoms with Gasteiger partial charge in [-0.1, -0.05) is 0 Å². The van der Waals surface area contributed by atoms with Gasteiger partial charge in [-0.05, 0) is 0 Å². The molecule has 0 radical (unpaired) electrons. The standard InChI is InChI=1S/C8H10N4O3/c9-4-1-7(15)12(3-4)8-10-5(13)2-6(14)11-8/h2,4H,1,3,9H2,(H2,10,11,13,14). The predicted octanol–water partition coefficient (Wildman–Crippen LogP) is -1.46. The zero-order valence-electron chi connectivity index (χ0n) is 7.80. The molecule has 1 saturated heterocycles. The molecule has 0 aromatic carbocycles. The van der Waals surface area contributed by atoms with E-state index in [1.807, 2.05) is 0 Å². The minimum Gasteiger partial charge on any atom is -0.493 e. The van der Waals surface area contributed by atoms with Gasteiger partial charge in [0.25, 0.3) is 5.56 Å². The van der Waals surface area contributed by atoms with E-state index < -0.39 is 11.4 Å². The average Bonchev–Trinajstić information content (AvgIpc) is 2.43. The summed E-state index contributed by atoms with van der Waals surface area (Å²) in [5.74, 6) is -0.587. The summed E-state index contributed by atoms with van der Waals surface area (Å²) >= 11 is 0. The summed E-state index contributed by atoms with van der Waals surface area (Å²) in [5, 5.41) is 9.11. The first kappa shape index (κ1) is 9.66. The molecule has 2 heterocycles. The number of hydrogen-bond acceptors (Lipinski definition) is 5. The maximum atomic E-state index is 11.4. The van der Waals surface area contributed by atoms with Crippen molar-refractivity contribution in [3.05, 3.63) is 16.4 Å². The average molecular weight is 210 g/mol. The third-order valence-corrected chi connectivity index (χ3v) is 2.13.